The molecule has 6 rings (SSSR count). The number of carbonyl (C=O) groups excluding carboxylic acids is 2. The number of aryl methyl sites for hydroxylation is 1. The number of aromatic nitrogens is 4. The summed E-state index contributed by atoms with van der Waals surface area (Å²) in [5, 5.41) is 3.88. The van der Waals surface area contributed by atoms with Gasteiger partial charge in [-0.2, -0.15) is 4.98 Å². The van der Waals surface area contributed by atoms with E-state index in [4.69, 9.17) is 14.6 Å². The molecule has 0 aromatic carbocycles. The second kappa shape index (κ2) is 12.8. The molecule has 3 aromatic heterocycles. The molecule has 2 saturated heterocycles. The Kier molecular flexibility index (Phi) is 8.66. The highest BCUT2D eigenvalue weighted by Gasteiger charge is 2.28. The van der Waals surface area contributed by atoms with Crippen LogP contribution in [0.3, 0.4) is 0 Å². The number of nitrogens with one attached hydrogen (secondary N) is 2. The highest BCUT2D eigenvalue weighted by atomic mass is 16.8. The molecule has 2 aliphatic heterocycles. The Bertz CT molecular complexity index is 1540. The van der Waals surface area contributed by atoms with Crippen molar-refractivity contribution in [3.05, 3.63) is 46.0 Å². The molecule has 228 valence electrons. The number of hydroxylamine groups is 1. The van der Waals surface area contributed by atoms with Crippen LogP contribution in [0.5, 0.6) is 0 Å². The Labute approximate surface area is 250 Å². The number of ether oxygens (including phenoxy) is 1. The Morgan fingerprint density at radius 3 is 2.44 bits per heavy atom. The van der Waals surface area contributed by atoms with Gasteiger partial charge in [0.1, 0.15) is 11.5 Å². The number of carbonyl (C=O) groups is 2. The monoisotopic (exact) mass is 589 g/mol. The smallest absolute Gasteiger partial charge is 0.263 e. The van der Waals surface area contributed by atoms with Crippen LogP contribution < -0.4 is 21.3 Å². The van der Waals surface area contributed by atoms with E-state index in [-0.39, 0.29) is 41.1 Å². The second-order valence-corrected chi connectivity index (χ2v) is 11.8. The van der Waals surface area contributed by atoms with Crippen molar-refractivity contribution in [3.8, 4) is 0 Å². The van der Waals surface area contributed by atoms with Gasteiger partial charge in [0.2, 0.25) is 11.9 Å². The number of pyridine rings is 2. The van der Waals surface area contributed by atoms with Gasteiger partial charge in [0.25, 0.3) is 5.56 Å². The lowest BCUT2D eigenvalue weighted by Crippen LogP contribution is -2.42. The number of hydrogen-bond donors (Lipinski definition) is 2. The van der Waals surface area contributed by atoms with Crippen molar-refractivity contribution in [1.82, 2.24) is 25.0 Å². The lowest BCUT2D eigenvalue weighted by molar-refractivity contribution is -0.202. The van der Waals surface area contributed by atoms with Gasteiger partial charge < -0.3 is 15.0 Å². The SMILES string of the molecule is CC(=O)c1c(C)c2cnc(Nc3ccc(N4CCC(C(=O)NOC5CCCCO5)CC4)cn3)nc2n(C2CCCC2)c1=O. The molecule has 12 nitrogen and oxygen atoms in total. The normalized spacial score (nSPS) is 20.0. The van der Waals surface area contributed by atoms with Crippen molar-refractivity contribution in [2.24, 2.45) is 5.92 Å². The molecule has 5 heterocycles. The number of hydrogen-bond acceptors (Lipinski definition) is 10. The molecule has 1 aliphatic carbocycles. The van der Waals surface area contributed by atoms with Crippen LogP contribution in [-0.2, 0) is 14.4 Å². The van der Waals surface area contributed by atoms with Gasteiger partial charge >= 0.3 is 0 Å². The van der Waals surface area contributed by atoms with Crippen molar-refractivity contribution in [2.75, 3.05) is 29.9 Å². The third kappa shape index (κ3) is 6.25. The fraction of sp³-hybridized carbons (Fsp3) is 0.548. The minimum atomic E-state index is -0.350. The molecule has 0 spiro atoms. The predicted octanol–water partition coefficient (Wildman–Crippen LogP) is 4.35. The zero-order chi connectivity index (χ0) is 29.9. The lowest BCUT2D eigenvalue weighted by Gasteiger charge is -2.33. The number of nitrogens with zero attached hydrogens (tertiary/aromatic N) is 5. The molecule has 0 bridgehead atoms. The first-order valence-corrected chi connectivity index (χ1v) is 15.4. The number of amides is 1. The molecule has 3 aromatic rings. The van der Waals surface area contributed by atoms with Gasteiger partial charge in [-0.15, -0.1) is 0 Å². The van der Waals surface area contributed by atoms with Crippen LogP contribution in [0.25, 0.3) is 11.0 Å². The van der Waals surface area contributed by atoms with Crippen molar-refractivity contribution < 1.29 is 19.2 Å². The van der Waals surface area contributed by atoms with Crippen LogP contribution >= 0.6 is 0 Å². The van der Waals surface area contributed by atoms with Crippen LogP contribution in [0.15, 0.2) is 29.3 Å². The first-order chi connectivity index (χ1) is 20.9. The van der Waals surface area contributed by atoms with E-state index in [2.05, 4.69) is 25.7 Å². The van der Waals surface area contributed by atoms with Crippen LogP contribution in [0.2, 0.25) is 0 Å². The molecule has 12 heteroatoms. The number of anilines is 3. The third-order valence-corrected chi connectivity index (χ3v) is 8.90. The quantitative estimate of drug-likeness (QED) is 0.288. The molecule has 1 unspecified atom stereocenters. The van der Waals surface area contributed by atoms with Gasteiger partial charge in [0, 0.05) is 49.7 Å². The van der Waals surface area contributed by atoms with Crippen LogP contribution in [0, 0.1) is 12.8 Å². The second-order valence-electron chi connectivity index (χ2n) is 11.8. The minimum absolute atomic E-state index is 0.0162. The van der Waals surface area contributed by atoms with Crippen molar-refractivity contribution in [1.29, 1.82) is 0 Å². The average Bonchev–Trinajstić information content (AvgIpc) is 3.55. The summed E-state index contributed by atoms with van der Waals surface area (Å²) < 4.78 is 7.22. The lowest BCUT2D eigenvalue weighted by atomic mass is 9.96. The zero-order valence-corrected chi connectivity index (χ0v) is 24.8. The number of piperidine rings is 1. The number of Topliss-reactive ketones (excluding diaryl/α,β-unsaturated/α-hetero) is 1. The Morgan fingerprint density at radius 2 is 1.77 bits per heavy atom. The molecule has 0 radical (unpaired) electrons. The first kappa shape index (κ1) is 29.2. The van der Waals surface area contributed by atoms with Gasteiger partial charge in [-0.3, -0.25) is 19.0 Å². The van der Waals surface area contributed by atoms with E-state index in [1.54, 1.807) is 23.9 Å². The summed E-state index contributed by atoms with van der Waals surface area (Å²) in [7, 11) is 0. The molecule has 43 heavy (non-hydrogen) atoms. The molecule has 1 atom stereocenters. The molecular weight excluding hydrogens is 550 g/mol. The summed E-state index contributed by atoms with van der Waals surface area (Å²) in [4.78, 5) is 59.9. The number of rotatable bonds is 8. The maximum Gasteiger partial charge on any atom is 0.263 e. The van der Waals surface area contributed by atoms with Crippen LogP contribution in [-0.4, -0.2) is 57.2 Å². The largest absolute Gasteiger partial charge is 0.370 e. The van der Waals surface area contributed by atoms with Gasteiger partial charge in [-0.25, -0.2) is 20.3 Å². The van der Waals surface area contributed by atoms with Gasteiger partial charge in [-0.05, 0) is 70.1 Å². The third-order valence-electron chi connectivity index (χ3n) is 8.90. The van der Waals surface area contributed by atoms with Crippen molar-refractivity contribution in [2.45, 2.75) is 84.0 Å². The fourth-order valence-corrected chi connectivity index (χ4v) is 6.48. The molecule has 3 fully saturated rings. The maximum absolute atomic E-state index is 13.5. The average molecular weight is 590 g/mol. The highest BCUT2D eigenvalue weighted by Crippen LogP contribution is 2.32. The van der Waals surface area contributed by atoms with Gasteiger partial charge in [-0.1, -0.05) is 12.8 Å². The summed E-state index contributed by atoms with van der Waals surface area (Å²) >= 11 is 0. The molecule has 2 N–H and O–H groups in total. The van der Waals surface area contributed by atoms with Crippen LogP contribution in [0.4, 0.5) is 17.5 Å². The summed E-state index contributed by atoms with van der Waals surface area (Å²) in [6.45, 7) is 5.36. The molecular formula is C31H39N7O5. The zero-order valence-electron chi connectivity index (χ0n) is 24.8. The van der Waals surface area contributed by atoms with E-state index >= 15 is 0 Å². The van der Waals surface area contributed by atoms with Gasteiger partial charge in [0.15, 0.2) is 12.1 Å². The van der Waals surface area contributed by atoms with Crippen molar-refractivity contribution >= 4 is 40.2 Å². The predicted molar refractivity (Wildman–Crippen MR) is 161 cm³/mol. The Morgan fingerprint density at radius 1 is 1.00 bits per heavy atom. The van der Waals surface area contributed by atoms with E-state index < -0.39 is 0 Å². The maximum atomic E-state index is 13.5. The highest BCUT2D eigenvalue weighted by molar-refractivity contribution is 5.99. The van der Waals surface area contributed by atoms with Gasteiger partial charge in [0.05, 0.1) is 17.4 Å². The Balaban J connectivity index is 1.11. The summed E-state index contributed by atoms with van der Waals surface area (Å²) in [6, 6.07) is 3.87. The Hall–Kier alpha value is -3.90. The van der Waals surface area contributed by atoms with E-state index in [0.717, 1.165) is 76.6 Å². The number of fused-ring (bicyclic) bond motifs is 1. The molecule has 3 aliphatic rings. The summed E-state index contributed by atoms with van der Waals surface area (Å²) in [6.07, 6.45) is 11.3. The first-order valence-electron chi connectivity index (χ1n) is 15.4. The summed E-state index contributed by atoms with van der Waals surface area (Å²) in [5.74, 6) is 0.477. The number of ketones is 1. The van der Waals surface area contributed by atoms with Crippen molar-refractivity contribution in [3.63, 3.8) is 0 Å². The van der Waals surface area contributed by atoms with E-state index in [1.165, 1.54) is 6.92 Å². The molecule has 1 saturated carbocycles. The summed E-state index contributed by atoms with van der Waals surface area (Å²) in [5.41, 5.74) is 4.67. The van der Waals surface area contributed by atoms with E-state index in [9.17, 15) is 14.4 Å². The molecule has 1 amide bonds. The minimum Gasteiger partial charge on any atom is -0.370 e. The fourth-order valence-electron chi connectivity index (χ4n) is 6.48. The van der Waals surface area contributed by atoms with Crippen LogP contribution in [0.1, 0.15) is 86.7 Å². The van der Waals surface area contributed by atoms with E-state index in [0.29, 0.717) is 35.0 Å². The topological polar surface area (TPSA) is 141 Å². The van der Waals surface area contributed by atoms with E-state index in [1.807, 2.05) is 12.1 Å². The standard InChI is InChI=1S/C31H39N7O5/c1-19-24-18-33-31(35-28(24)38(22-7-3-4-8-22)30(41)27(19)20(2)39)34-25-11-10-23(17-32-25)37-14-12-21(13-15-37)29(40)36-43-26-9-5-6-16-42-26/h10-11,17-18,21-22,26H,3-9,12-16H2,1-2H3,(H,36,40)(H,32,33,34,35).